The van der Waals surface area contributed by atoms with Crippen molar-refractivity contribution in [1.82, 2.24) is 0 Å². The first-order valence-electron chi connectivity index (χ1n) is 18.5. The van der Waals surface area contributed by atoms with Crippen LogP contribution < -0.4 is 0 Å². The third-order valence-corrected chi connectivity index (χ3v) is 7.48. The number of carbonyl (C=O) groups is 2. The molecule has 0 aliphatic rings. The van der Waals surface area contributed by atoms with E-state index in [1.54, 1.807) is 0 Å². The minimum absolute atomic E-state index is 0.0987. The van der Waals surface area contributed by atoms with Crippen LogP contribution in [0.1, 0.15) is 155 Å². The van der Waals surface area contributed by atoms with E-state index in [-0.39, 0.29) is 31.6 Å². The second kappa shape index (κ2) is 36.8. The number of allylic oxidation sites excluding steroid dienone is 12. The van der Waals surface area contributed by atoms with Gasteiger partial charge in [-0.05, 0) is 77.0 Å². The minimum atomic E-state index is -0.807. The molecule has 0 saturated carbocycles. The van der Waals surface area contributed by atoms with Gasteiger partial charge >= 0.3 is 11.9 Å². The molecule has 0 heterocycles. The van der Waals surface area contributed by atoms with E-state index in [0.29, 0.717) is 12.8 Å². The molecule has 5 nitrogen and oxygen atoms in total. The van der Waals surface area contributed by atoms with Gasteiger partial charge < -0.3 is 14.6 Å². The maximum atomic E-state index is 12.1. The molecule has 1 atom stereocenters. The summed E-state index contributed by atoms with van der Waals surface area (Å²) in [6.45, 7) is 3.94. The van der Waals surface area contributed by atoms with E-state index in [4.69, 9.17) is 9.47 Å². The summed E-state index contributed by atoms with van der Waals surface area (Å²) in [6.07, 6.45) is 48.2. The number of carbonyl (C=O) groups excluding carboxylic acids is 2. The second-order valence-corrected chi connectivity index (χ2v) is 11.9. The van der Waals surface area contributed by atoms with Crippen molar-refractivity contribution >= 4 is 11.9 Å². The fourth-order valence-corrected chi connectivity index (χ4v) is 4.70. The van der Waals surface area contributed by atoms with Gasteiger partial charge in [0.05, 0.1) is 6.61 Å². The number of rotatable bonds is 32. The second-order valence-electron chi connectivity index (χ2n) is 11.9. The lowest BCUT2D eigenvalue weighted by atomic mass is 10.1. The number of hydrogen-bond acceptors (Lipinski definition) is 5. The Morgan fingerprint density at radius 1 is 0.522 bits per heavy atom. The first-order chi connectivity index (χ1) is 22.6. The molecule has 0 radical (unpaired) electrons. The molecule has 5 heteroatoms. The quantitative estimate of drug-likeness (QED) is 0.0450. The smallest absolute Gasteiger partial charge is 0.306 e. The molecule has 0 aromatic heterocycles. The summed E-state index contributed by atoms with van der Waals surface area (Å²) in [7, 11) is 0. The summed E-state index contributed by atoms with van der Waals surface area (Å²) in [5, 5.41) is 9.52. The van der Waals surface area contributed by atoms with Gasteiger partial charge in [-0.2, -0.15) is 0 Å². The molecule has 46 heavy (non-hydrogen) atoms. The normalized spacial score (nSPS) is 13.0. The Labute approximate surface area is 283 Å². The highest BCUT2D eigenvalue weighted by Crippen LogP contribution is 2.10. The van der Waals surface area contributed by atoms with E-state index in [9.17, 15) is 14.7 Å². The van der Waals surface area contributed by atoms with Crippen molar-refractivity contribution in [2.24, 2.45) is 0 Å². The van der Waals surface area contributed by atoms with Crippen molar-refractivity contribution in [1.29, 1.82) is 0 Å². The fourth-order valence-electron chi connectivity index (χ4n) is 4.70. The molecule has 262 valence electrons. The average molecular weight is 641 g/mol. The van der Waals surface area contributed by atoms with E-state index in [2.05, 4.69) is 86.8 Å². The molecular weight excluding hydrogens is 572 g/mol. The lowest BCUT2D eigenvalue weighted by Crippen LogP contribution is -2.28. The summed E-state index contributed by atoms with van der Waals surface area (Å²) in [5.74, 6) is -0.679. The first kappa shape index (κ1) is 43.3. The van der Waals surface area contributed by atoms with Gasteiger partial charge in [-0.3, -0.25) is 9.59 Å². The van der Waals surface area contributed by atoms with Crippen LogP contribution in [-0.2, 0) is 19.1 Å². The Morgan fingerprint density at radius 3 is 1.48 bits per heavy atom. The van der Waals surface area contributed by atoms with Gasteiger partial charge in [-0.15, -0.1) is 0 Å². The lowest BCUT2D eigenvalue weighted by Gasteiger charge is -2.15. The van der Waals surface area contributed by atoms with Crippen molar-refractivity contribution in [3.63, 3.8) is 0 Å². The molecule has 0 amide bonds. The topological polar surface area (TPSA) is 72.8 Å². The summed E-state index contributed by atoms with van der Waals surface area (Å²) in [4.78, 5) is 24.2. The van der Waals surface area contributed by atoms with E-state index in [0.717, 1.165) is 70.6 Å². The van der Waals surface area contributed by atoms with Crippen LogP contribution in [0.3, 0.4) is 0 Å². The van der Waals surface area contributed by atoms with E-state index in [1.165, 1.54) is 51.4 Å². The average Bonchev–Trinajstić information content (AvgIpc) is 3.06. The molecule has 0 aliphatic carbocycles. The van der Waals surface area contributed by atoms with Gasteiger partial charge in [0.1, 0.15) is 6.61 Å². The molecule has 0 aromatic carbocycles. The van der Waals surface area contributed by atoms with Crippen LogP contribution >= 0.6 is 0 Å². The van der Waals surface area contributed by atoms with E-state index >= 15 is 0 Å². The number of hydrogen-bond donors (Lipinski definition) is 1. The van der Waals surface area contributed by atoms with Gasteiger partial charge in [0.25, 0.3) is 0 Å². The molecule has 0 aliphatic heterocycles. The molecule has 0 spiro atoms. The highest BCUT2D eigenvalue weighted by molar-refractivity contribution is 5.70. The summed E-state index contributed by atoms with van der Waals surface area (Å²) in [5.41, 5.74) is 0. The fraction of sp³-hybridized carbons (Fsp3) is 0.659. The molecule has 0 rings (SSSR count). The predicted octanol–water partition coefficient (Wildman–Crippen LogP) is 11.4. The van der Waals surface area contributed by atoms with Gasteiger partial charge in [0.2, 0.25) is 0 Å². The van der Waals surface area contributed by atoms with Gasteiger partial charge in [0, 0.05) is 12.8 Å². The zero-order chi connectivity index (χ0) is 33.6. The van der Waals surface area contributed by atoms with Crippen molar-refractivity contribution in [3.8, 4) is 0 Å². The first-order valence-corrected chi connectivity index (χ1v) is 18.5. The van der Waals surface area contributed by atoms with Crippen molar-refractivity contribution in [2.75, 3.05) is 13.2 Å². The molecule has 1 unspecified atom stereocenters. The monoisotopic (exact) mass is 641 g/mol. The molecule has 0 aromatic rings. The Hall–Kier alpha value is -2.66. The standard InChI is InChI=1S/C41H68O5/c1-3-5-7-9-11-13-15-17-19-20-22-24-26-28-30-32-34-36-41(44)46-39(37-42)38-45-40(43)35-33-31-29-27-25-23-21-18-16-14-12-10-8-6-4-2/h6,8,12,14,17-19,21-22,24,28,30,39,42H,3-5,7,9-11,13,15-16,20,23,25-27,29,31-38H2,1-2H3. The summed E-state index contributed by atoms with van der Waals surface area (Å²) >= 11 is 0. The minimum Gasteiger partial charge on any atom is -0.462 e. The Kier molecular flexibility index (Phi) is 34.7. The van der Waals surface area contributed by atoms with Crippen LogP contribution in [0.25, 0.3) is 0 Å². The number of unbranched alkanes of at least 4 members (excludes halogenated alkanes) is 12. The van der Waals surface area contributed by atoms with Crippen LogP contribution in [0.15, 0.2) is 72.9 Å². The molecule has 0 saturated heterocycles. The Balaban J connectivity index is 3.71. The van der Waals surface area contributed by atoms with Crippen LogP contribution in [0.5, 0.6) is 0 Å². The number of esters is 2. The van der Waals surface area contributed by atoms with E-state index in [1.807, 2.05) is 0 Å². The molecule has 0 fully saturated rings. The van der Waals surface area contributed by atoms with Crippen LogP contribution in [-0.4, -0.2) is 36.4 Å². The highest BCUT2D eigenvalue weighted by atomic mass is 16.6. The number of aliphatic hydroxyl groups excluding tert-OH is 1. The van der Waals surface area contributed by atoms with E-state index < -0.39 is 6.10 Å². The zero-order valence-electron chi connectivity index (χ0n) is 29.6. The Morgan fingerprint density at radius 2 is 0.957 bits per heavy atom. The van der Waals surface area contributed by atoms with Gasteiger partial charge in [0.15, 0.2) is 6.10 Å². The summed E-state index contributed by atoms with van der Waals surface area (Å²) < 4.78 is 10.5. The SMILES string of the molecule is CCC=CCC=CCC=CCCCCCCCC(=O)OCC(CO)OC(=O)CCCC=CCC=CCC=CCCCCCCCC. The molecule has 0 bridgehead atoms. The third-order valence-electron chi connectivity index (χ3n) is 7.48. The van der Waals surface area contributed by atoms with Crippen molar-refractivity contribution < 1.29 is 24.2 Å². The molecule has 1 N–H and O–H groups in total. The lowest BCUT2D eigenvalue weighted by molar-refractivity contribution is -0.161. The summed E-state index contributed by atoms with van der Waals surface area (Å²) in [6, 6.07) is 0. The molecular formula is C41H68O5. The highest BCUT2D eigenvalue weighted by Gasteiger charge is 2.15. The largest absolute Gasteiger partial charge is 0.462 e. The van der Waals surface area contributed by atoms with Crippen molar-refractivity contribution in [3.05, 3.63) is 72.9 Å². The van der Waals surface area contributed by atoms with Crippen LogP contribution in [0.2, 0.25) is 0 Å². The zero-order valence-corrected chi connectivity index (χ0v) is 29.6. The maximum absolute atomic E-state index is 12.1. The van der Waals surface area contributed by atoms with Gasteiger partial charge in [-0.1, -0.05) is 138 Å². The predicted molar refractivity (Wildman–Crippen MR) is 196 cm³/mol. The van der Waals surface area contributed by atoms with Gasteiger partial charge in [-0.25, -0.2) is 0 Å². The van der Waals surface area contributed by atoms with Crippen LogP contribution in [0.4, 0.5) is 0 Å². The third kappa shape index (κ3) is 34.2. The van der Waals surface area contributed by atoms with Crippen molar-refractivity contribution in [2.45, 2.75) is 161 Å². The number of ether oxygens (including phenoxy) is 2. The van der Waals surface area contributed by atoms with Crippen LogP contribution in [0, 0.1) is 0 Å². The maximum Gasteiger partial charge on any atom is 0.306 e. The number of aliphatic hydroxyl groups is 1. The Bertz CT molecular complexity index is 864.